The Labute approximate surface area is 163 Å². The first-order valence-electron chi connectivity index (χ1n) is 8.88. The van der Waals surface area contributed by atoms with Crippen LogP contribution in [0.15, 0.2) is 0 Å². The van der Waals surface area contributed by atoms with E-state index in [1.165, 1.54) is 10.6 Å². The molecule has 5 heteroatoms. The van der Waals surface area contributed by atoms with E-state index < -0.39 is 26.7 Å². The normalized spacial score (nSPS) is 16.5. The Bertz CT molecular complexity index is 780. The van der Waals surface area contributed by atoms with Crippen molar-refractivity contribution in [1.29, 1.82) is 0 Å². The molecule has 2 aromatic heterocycles. The van der Waals surface area contributed by atoms with Crippen molar-refractivity contribution in [3.63, 3.8) is 0 Å². The Hall–Kier alpha value is 0.131. The third-order valence-electron chi connectivity index (χ3n) is 4.70. The van der Waals surface area contributed by atoms with Crippen LogP contribution < -0.4 is 10.5 Å². The minimum atomic E-state index is -1.08. The summed E-state index contributed by atoms with van der Waals surface area (Å²) >= 11 is 3.11. The van der Waals surface area contributed by atoms with E-state index in [-0.39, 0.29) is 5.54 Å². The van der Waals surface area contributed by atoms with Crippen molar-refractivity contribution >= 4 is 42.3 Å². The van der Waals surface area contributed by atoms with Crippen LogP contribution in [0.5, 0.6) is 0 Å². The van der Waals surface area contributed by atoms with Gasteiger partial charge in [-0.2, -0.15) is 0 Å². The fraction of sp³-hybridized carbons (Fsp3) is 0.579. The molecule has 0 radical (unpaired) electrons. The van der Waals surface area contributed by atoms with E-state index in [9.17, 15) is 0 Å². The van der Waals surface area contributed by atoms with Gasteiger partial charge in [-0.05, 0) is 0 Å². The van der Waals surface area contributed by atoms with E-state index in [2.05, 4.69) is 86.2 Å². The third-order valence-corrected chi connectivity index (χ3v) is 12.5. The average molecular weight is 413 g/mol. The van der Waals surface area contributed by atoms with Crippen molar-refractivity contribution in [2.24, 2.45) is 0 Å². The van der Waals surface area contributed by atoms with Gasteiger partial charge in [0.1, 0.15) is 0 Å². The third kappa shape index (κ3) is 3.03. The first-order chi connectivity index (χ1) is 11.0. The molecule has 1 unspecified atom stereocenters. The van der Waals surface area contributed by atoms with E-state index in [1.807, 2.05) is 0 Å². The first kappa shape index (κ1) is 18.9. The molecule has 1 nitrogen and oxygen atoms in total. The van der Waals surface area contributed by atoms with Gasteiger partial charge in [0, 0.05) is 0 Å². The fourth-order valence-electron chi connectivity index (χ4n) is 3.92. The molecule has 2 aromatic rings. The number of anilines is 1. The zero-order chi connectivity index (χ0) is 18.0. The number of fused-ring (bicyclic) bond motifs is 3. The number of aryl methyl sites for hydroxylation is 2. The number of thiophene rings is 2. The fourth-order valence-corrected chi connectivity index (χ4v) is 13.5. The summed E-state index contributed by atoms with van der Waals surface area (Å²) in [6.07, 6.45) is 0. The monoisotopic (exact) mass is 412 g/mol. The van der Waals surface area contributed by atoms with Crippen molar-refractivity contribution in [1.82, 2.24) is 0 Å². The molecule has 1 atom stereocenters. The molecular weight excluding hydrogens is 382 g/mol. The predicted octanol–water partition coefficient (Wildman–Crippen LogP) is 6.11. The molecule has 131 valence electrons. The Morgan fingerprint density at radius 1 is 0.958 bits per heavy atom. The topological polar surface area (TPSA) is 12.0 Å². The van der Waals surface area contributed by atoms with Crippen molar-refractivity contribution in [3.8, 4) is 11.1 Å². The van der Waals surface area contributed by atoms with Gasteiger partial charge in [0.15, 0.2) is 0 Å². The van der Waals surface area contributed by atoms with Gasteiger partial charge in [-0.3, -0.25) is 0 Å². The van der Waals surface area contributed by atoms with Crippen LogP contribution in [0.25, 0.3) is 11.1 Å². The molecule has 0 aromatic carbocycles. The van der Waals surface area contributed by atoms with Crippen LogP contribution in [-0.2, 0) is 17.9 Å². The first-order valence-corrected chi connectivity index (χ1v) is 17.4. The molecule has 24 heavy (non-hydrogen) atoms. The van der Waals surface area contributed by atoms with Gasteiger partial charge in [0.25, 0.3) is 0 Å². The second-order valence-electron chi connectivity index (χ2n) is 8.62. The van der Waals surface area contributed by atoms with Crippen LogP contribution in [0, 0.1) is 13.8 Å². The quantitative estimate of drug-likeness (QED) is 0.599. The summed E-state index contributed by atoms with van der Waals surface area (Å²) in [6, 6.07) is 0. The maximum atomic E-state index is 3.85. The standard InChI is InChI=1S/C17H24NS2Si.2CH3.Ti/c1-9-15(18-17(3,4)5)13-11(19-9)8-12-14(13)16(21(6)7)10(2)20-12;;;/h8,18,21H,1-7H3;2*1H3;. The number of rotatable bonds is 3. The average Bonchev–Trinajstić information content (AvgIpc) is 2.96. The molecule has 3 rings (SSSR count). The SMILES string of the molecule is Cc1sc2c(c1NC(C)(C)C)-c1c(sc(C)c1[SiH](C)C)[CH]2[Ti]([CH3])[CH3]. The van der Waals surface area contributed by atoms with Gasteiger partial charge in [-0.25, -0.2) is 0 Å². The second kappa shape index (κ2) is 6.38. The molecule has 0 fully saturated rings. The van der Waals surface area contributed by atoms with Gasteiger partial charge in [0.05, 0.1) is 0 Å². The van der Waals surface area contributed by atoms with Crippen LogP contribution in [-0.4, -0.2) is 14.3 Å². The summed E-state index contributed by atoms with van der Waals surface area (Å²) in [5.41, 5.74) is 4.81. The summed E-state index contributed by atoms with van der Waals surface area (Å²) in [4.78, 5) is 6.49. The molecule has 2 heterocycles. The summed E-state index contributed by atoms with van der Waals surface area (Å²) < 4.78 is 0.763. The van der Waals surface area contributed by atoms with Gasteiger partial charge in [-0.15, -0.1) is 0 Å². The zero-order valence-corrected chi connectivity index (χ0v) is 20.8. The van der Waals surface area contributed by atoms with Gasteiger partial charge < -0.3 is 0 Å². The predicted molar refractivity (Wildman–Crippen MR) is 113 cm³/mol. The number of hydrogen-bond donors (Lipinski definition) is 1. The number of nitrogens with one attached hydrogen (secondary N) is 1. The van der Waals surface area contributed by atoms with Crippen LogP contribution in [0.2, 0.25) is 23.6 Å². The Kier molecular flexibility index (Phi) is 5.03. The molecule has 0 amide bonds. The molecule has 0 spiro atoms. The van der Waals surface area contributed by atoms with Crippen molar-refractivity contribution in [2.45, 2.75) is 67.9 Å². The molecule has 0 aliphatic heterocycles. The van der Waals surface area contributed by atoms with E-state index in [1.54, 1.807) is 30.9 Å². The molecule has 0 bridgehead atoms. The van der Waals surface area contributed by atoms with Gasteiger partial charge in [-0.1, -0.05) is 0 Å². The van der Waals surface area contributed by atoms with E-state index in [0.717, 1.165) is 4.22 Å². The van der Waals surface area contributed by atoms with Crippen LogP contribution in [0.4, 0.5) is 5.69 Å². The van der Waals surface area contributed by atoms with Crippen molar-refractivity contribution in [2.75, 3.05) is 5.32 Å². The molecule has 1 aliphatic carbocycles. The van der Waals surface area contributed by atoms with Crippen molar-refractivity contribution in [3.05, 3.63) is 19.5 Å². The van der Waals surface area contributed by atoms with E-state index in [4.69, 9.17) is 0 Å². The second-order valence-corrected chi connectivity index (χ2v) is 18.3. The minimum absolute atomic E-state index is 0.107. The molecule has 1 N–H and O–H groups in total. The summed E-state index contributed by atoms with van der Waals surface area (Å²) in [5.74, 6) is 0. The summed E-state index contributed by atoms with van der Waals surface area (Å²) in [6.45, 7) is 16.5. The number of hydrogen-bond acceptors (Lipinski definition) is 3. The molecular formula is C19H30NS2SiTi. The summed E-state index contributed by atoms with van der Waals surface area (Å²) in [7, 11) is -0.840. The summed E-state index contributed by atoms with van der Waals surface area (Å²) in [5, 5.41) is 10.7. The van der Waals surface area contributed by atoms with E-state index >= 15 is 0 Å². The van der Waals surface area contributed by atoms with Gasteiger partial charge in [0.2, 0.25) is 0 Å². The van der Waals surface area contributed by atoms with Crippen LogP contribution >= 0.6 is 22.7 Å². The maximum absolute atomic E-state index is 3.85. The Balaban J connectivity index is 2.31. The molecule has 0 saturated carbocycles. The Morgan fingerprint density at radius 3 is 2.00 bits per heavy atom. The van der Waals surface area contributed by atoms with Crippen molar-refractivity contribution < 1.29 is 17.9 Å². The zero-order valence-electron chi connectivity index (χ0n) is 16.5. The molecule has 0 saturated heterocycles. The van der Waals surface area contributed by atoms with Crippen LogP contribution in [0.3, 0.4) is 0 Å². The van der Waals surface area contributed by atoms with Gasteiger partial charge >= 0.3 is 164 Å². The van der Waals surface area contributed by atoms with Crippen LogP contribution in [0.1, 0.15) is 44.5 Å². The Morgan fingerprint density at radius 2 is 1.50 bits per heavy atom. The van der Waals surface area contributed by atoms with E-state index in [0.29, 0.717) is 0 Å². The molecule has 1 aliphatic rings.